The van der Waals surface area contributed by atoms with Crippen LogP contribution >= 0.6 is 0 Å². The standard InChI is InChI=1S/C32H28N2O4/c1-21-13-18-27(22(2)19-21)33-31(35)28-29(34(38-30(28)32(33)36)25-11-7-4-8-12-25)24-14-16-26(17-15-24)37-20-23-9-5-3-6-10-23/h3-19,28-30H,20H2,1-2H3/t28-,29-,30+/m0/s1. The normalized spacial score (nSPS) is 20.6. The van der Waals surface area contributed by atoms with Crippen molar-refractivity contribution in [3.63, 3.8) is 0 Å². The molecule has 4 aromatic carbocycles. The van der Waals surface area contributed by atoms with Crippen LogP contribution in [0.15, 0.2) is 103 Å². The number of ether oxygens (including phenoxy) is 1. The summed E-state index contributed by atoms with van der Waals surface area (Å²) in [5, 5.41) is 1.71. The molecule has 0 radical (unpaired) electrons. The van der Waals surface area contributed by atoms with Crippen LogP contribution in [0.25, 0.3) is 0 Å². The van der Waals surface area contributed by atoms with Gasteiger partial charge in [-0.05, 0) is 60.9 Å². The Morgan fingerprint density at radius 3 is 2.16 bits per heavy atom. The van der Waals surface area contributed by atoms with Gasteiger partial charge in [-0.2, -0.15) is 0 Å². The van der Waals surface area contributed by atoms with Crippen molar-refractivity contribution in [1.82, 2.24) is 0 Å². The number of fused-ring (bicyclic) bond motifs is 1. The molecule has 2 aliphatic rings. The molecular weight excluding hydrogens is 476 g/mol. The largest absolute Gasteiger partial charge is 0.489 e. The van der Waals surface area contributed by atoms with Crippen molar-refractivity contribution in [2.45, 2.75) is 32.6 Å². The molecule has 2 fully saturated rings. The lowest BCUT2D eigenvalue weighted by Crippen LogP contribution is -2.37. The molecule has 0 aromatic heterocycles. The first-order valence-electron chi connectivity index (χ1n) is 12.7. The lowest BCUT2D eigenvalue weighted by Gasteiger charge is -2.29. The van der Waals surface area contributed by atoms with Gasteiger partial charge in [0.2, 0.25) is 5.91 Å². The van der Waals surface area contributed by atoms with Gasteiger partial charge in [0.1, 0.15) is 18.3 Å². The molecule has 2 amide bonds. The van der Waals surface area contributed by atoms with E-state index in [-0.39, 0.29) is 11.8 Å². The Hall–Kier alpha value is -4.42. The second-order valence-electron chi connectivity index (χ2n) is 9.80. The molecule has 0 bridgehead atoms. The highest BCUT2D eigenvalue weighted by atomic mass is 16.7. The number of para-hydroxylation sites is 1. The molecule has 6 rings (SSSR count). The van der Waals surface area contributed by atoms with E-state index in [0.29, 0.717) is 12.3 Å². The smallest absolute Gasteiger partial charge is 0.266 e. The number of hydrogen-bond acceptors (Lipinski definition) is 5. The van der Waals surface area contributed by atoms with Gasteiger partial charge < -0.3 is 4.74 Å². The molecule has 38 heavy (non-hydrogen) atoms. The summed E-state index contributed by atoms with van der Waals surface area (Å²) in [6.07, 6.45) is -0.901. The number of nitrogens with zero attached hydrogens (tertiary/aromatic N) is 2. The molecule has 6 heteroatoms. The quantitative estimate of drug-likeness (QED) is 0.305. The molecule has 0 spiro atoms. The van der Waals surface area contributed by atoms with Crippen molar-refractivity contribution in [2.75, 3.05) is 9.96 Å². The van der Waals surface area contributed by atoms with E-state index in [4.69, 9.17) is 9.57 Å². The molecule has 2 heterocycles. The SMILES string of the molecule is Cc1ccc(N2C(=O)[C@@H]3[C@@H](ON(c4ccccc4)[C@H]3c3ccc(OCc4ccccc4)cc3)C2=O)c(C)c1. The number of aryl methyl sites for hydroxylation is 2. The number of carbonyl (C=O) groups is 2. The summed E-state index contributed by atoms with van der Waals surface area (Å²) in [5.41, 5.74) is 5.30. The number of benzene rings is 4. The fourth-order valence-electron chi connectivity index (χ4n) is 5.35. The molecule has 0 N–H and O–H groups in total. The molecule has 0 aliphatic carbocycles. The lowest BCUT2D eigenvalue weighted by atomic mass is 9.90. The van der Waals surface area contributed by atoms with Gasteiger partial charge in [-0.25, -0.2) is 9.96 Å². The van der Waals surface area contributed by atoms with Crippen LogP contribution in [-0.4, -0.2) is 17.9 Å². The number of hydrogen-bond donors (Lipinski definition) is 0. The average molecular weight is 505 g/mol. The van der Waals surface area contributed by atoms with Gasteiger partial charge in [0.05, 0.1) is 17.4 Å². The van der Waals surface area contributed by atoms with E-state index in [1.165, 1.54) is 4.90 Å². The van der Waals surface area contributed by atoms with Crippen LogP contribution in [-0.2, 0) is 21.0 Å². The van der Waals surface area contributed by atoms with Gasteiger partial charge in [-0.1, -0.05) is 78.4 Å². The third-order valence-electron chi connectivity index (χ3n) is 7.19. The number of rotatable bonds is 6. The van der Waals surface area contributed by atoms with Gasteiger partial charge in [0, 0.05) is 0 Å². The lowest BCUT2D eigenvalue weighted by molar-refractivity contribution is -0.126. The summed E-state index contributed by atoms with van der Waals surface area (Å²) in [4.78, 5) is 35.1. The van der Waals surface area contributed by atoms with Gasteiger partial charge in [0.15, 0.2) is 6.10 Å². The summed E-state index contributed by atoms with van der Waals surface area (Å²) in [7, 11) is 0. The van der Waals surface area contributed by atoms with Gasteiger partial charge in [0.25, 0.3) is 5.91 Å². The molecule has 0 saturated carbocycles. The molecule has 6 nitrogen and oxygen atoms in total. The zero-order valence-corrected chi connectivity index (χ0v) is 21.3. The Balaban J connectivity index is 1.32. The Bertz CT molecular complexity index is 1470. The topological polar surface area (TPSA) is 59.1 Å². The molecular formula is C32H28N2O4. The average Bonchev–Trinajstić information content (AvgIpc) is 3.45. The van der Waals surface area contributed by atoms with Crippen LogP contribution in [0.4, 0.5) is 11.4 Å². The first-order valence-corrected chi connectivity index (χ1v) is 12.7. The minimum absolute atomic E-state index is 0.250. The Labute approximate surface area is 222 Å². The number of hydroxylamine groups is 1. The van der Waals surface area contributed by atoms with E-state index in [1.54, 1.807) is 5.06 Å². The number of amides is 2. The molecule has 2 aliphatic heterocycles. The van der Waals surface area contributed by atoms with Crippen molar-refractivity contribution in [1.29, 1.82) is 0 Å². The fraction of sp³-hybridized carbons (Fsp3) is 0.188. The van der Waals surface area contributed by atoms with Crippen LogP contribution in [0.2, 0.25) is 0 Å². The predicted molar refractivity (Wildman–Crippen MR) is 146 cm³/mol. The zero-order chi connectivity index (χ0) is 26.2. The molecule has 190 valence electrons. The molecule has 2 saturated heterocycles. The molecule has 4 aromatic rings. The third-order valence-corrected chi connectivity index (χ3v) is 7.19. The van der Waals surface area contributed by atoms with Crippen molar-refractivity contribution >= 4 is 23.2 Å². The first-order chi connectivity index (χ1) is 18.5. The van der Waals surface area contributed by atoms with E-state index in [9.17, 15) is 9.59 Å². The highest BCUT2D eigenvalue weighted by molar-refractivity contribution is 6.24. The highest BCUT2D eigenvalue weighted by Crippen LogP contribution is 2.48. The van der Waals surface area contributed by atoms with Crippen LogP contribution in [0.1, 0.15) is 28.3 Å². The summed E-state index contributed by atoms with van der Waals surface area (Å²) >= 11 is 0. The fourth-order valence-corrected chi connectivity index (χ4v) is 5.35. The molecule has 0 unspecified atom stereocenters. The maximum atomic E-state index is 13.9. The van der Waals surface area contributed by atoms with E-state index in [1.807, 2.05) is 117 Å². The van der Waals surface area contributed by atoms with Gasteiger partial charge in [-0.15, -0.1) is 0 Å². The third kappa shape index (κ3) is 4.23. The number of anilines is 2. The summed E-state index contributed by atoms with van der Waals surface area (Å²) in [6.45, 7) is 4.37. The molecule has 3 atom stereocenters. The Kier molecular flexibility index (Phi) is 6.18. The first kappa shape index (κ1) is 23.9. The van der Waals surface area contributed by atoms with Crippen molar-refractivity contribution in [2.24, 2.45) is 5.92 Å². The second kappa shape index (κ2) is 9.80. The van der Waals surface area contributed by atoms with Crippen molar-refractivity contribution in [3.8, 4) is 5.75 Å². The maximum absolute atomic E-state index is 13.9. The predicted octanol–water partition coefficient (Wildman–Crippen LogP) is 5.93. The summed E-state index contributed by atoms with van der Waals surface area (Å²) in [5.74, 6) is -0.539. The minimum Gasteiger partial charge on any atom is -0.489 e. The van der Waals surface area contributed by atoms with Crippen molar-refractivity contribution < 1.29 is 19.2 Å². The Morgan fingerprint density at radius 2 is 1.47 bits per heavy atom. The van der Waals surface area contributed by atoms with E-state index in [2.05, 4.69) is 0 Å². The Morgan fingerprint density at radius 1 is 0.789 bits per heavy atom. The van der Waals surface area contributed by atoms with E-state index < -0.39 is 18.1 Å². The van der Waals surface area contributed by atoms with Crippen LogP contribution < -0.4 is 14.7 Å². The van der Waals surface area contributed by atoms with Crippen LogP contribution in [0, 0.1) is 19.8 Å². The number of imide groups is 1. The summed E-state index contributed by atoms with van der Waals surface area (Å²) < 4.78 is 5.97. The highest BCUT2D eigenvalue weighted by Gasteiger charge is 2.60. The van der Waals surface area contributed by atoms with E-state index >= 15 is 0 Å². The monoisotopic (exact) mass is 504 g/mol. The second-order valence-corrected chi connectivity index (χ2v) is 9.80. The summed E-state index contributed by atoms with van der Waals surface area (Å²) in [6, 6.07) is 32.5. The van der Waals surface area contributed by atoms with E-state index in [0.717, 1.165) is 33.7 Å². The van der Waals surface area contributed by atoms with Gasteiger partial charge in [-0.3, -0.25) is 14.4 Å². The van der Waals surface area contributed by atoms with Gasteiger partial charge >= 0.3 is 0 Å². The van der Waals surface area contributed by atoms with Crippen LogP contribution in [0.5, 0.6) is 5.75 Å². The zero-order valence-electron chi connectivity index (χ0n) is 21.3. The number of carbonyl (C=O) groups excluding carboxylic acids is 2. The van der Waals surface area contributed by atoms with Crippen molar-refractivity contribution in [3.05, 3.63) is 125 Å². The minimum atomic E-state index is -0.901. The van der Waals surface area contributed by atoms with Crippen LogP contribution in [0.3, 0.4) is 0 Å². The maximum Gasteiger partial charge on any atom is 0.266 e.